The molecule has 0 aliphatic heterocycles. The van der Waals surface area contributed by atoms with Crippen molar-refractivity contribution in [2.45, 2.75) is 32.0 Å². The minimum absolute atomic E-state index is 0.323. The highest BCUT2D eigenvalue weighted by Gasteiger charge is 2.25. The first-order valence-corrected chi connectivity index (χ1v) is 6.42. The van der Waals surface area contributed by atoms with Crippen molar-refractivity contribution in [3.8, 4) is 0 Å². The number of halogens is 1. The minimum Gasteiger partial charge on any atom is -0.480 e. The van der Waals surface area contributed by atoms with Gasteiger partial charge in [0, 0.05) is 5.02 Å². The molecule has 1 unspecified atom stereocenters. The van der Waals surface area contributed by atoms with Crippen LogP contribution >= 0.6 is 11.6 Å². The van der Waals surface area contributed by atoms with Gasteiger partial charge < -0.3 is 20.8 Å². The number of nitrogens with one attached hydrogen (secondary N) is 2. The highest BCUT2D eigenvalue weighted by molar-refractivity contribution is 6.30. The number of aliphatic hydroxyl groups is 1. The number of hydrogen-bond donors (Lipinski definition) is 4. The zero-order valence-electron chi connectivity index (χ0n) is 11.1. The average Bonchev–Trinajstić information content (AvgIpc) is 2.35. The van der Waals surface area contributed by atoms with E-state index in [0.29, 0.717) is 5.02 Å². The number of urea groups is 1. The Hall–Kier alpha value is -1.79. The van der Waals surface area contributed by atoms with Crippen LogP contribution in [0.5, 0.6) is 0 Å². The number of carbonyl (C=O) groups is 2. The number of carboxylic acid groups (broad SMARTS) is 1. The Balaban J connectivity index is 2.61. The van der Waals surface area contributed by atoms with Gasteiger partial charge in [0.2, 0.25) is 0 Å². The zero-order valence-corrected chi connectivity index (χ0v) is 11.9. The van der Waals surface area contributed by atoms with Gasteiger partial charge in [0.25, 0.3) is 0 Å². The number of aliphatic carboxylic acids is 1. The Labute approximate surface area is 121 Å². The molecule has 20 heavy (non-hydrogen) atoms. The molecule has 2 amide bonds. The number of benzene rings is 1. The normalized spacial score (nSPS) is 15.0. The Bertz CT molecular complexity index is 476. The van der Waals surface area contributed by atoms with E-state index in [-0.39, 0.29) is 6.04 Å². The van der Waals surface area contributed by atoms with Crippen LogP contribution in [0.15, 0.2) is 24.3 Å². The molecule has 1 rings (SSSR count). The molecule has 1 aromatic rings. The summed E-state index contributed by atoms with van der Waals surface area (Å²) in [6.07, 6.45) is -1.19. The third kappa shape index (κ3) is 4.71. The standard InChI is InChI=1S/C13H17ClN2O4/c1-7(9-3-5-10(14)6-4-9)15-13(20)16-11(8(2)17)12(18)19/h3-8,11,17H,1-2H3,(H,18,19)(H2,15,16,20)/t7?,8-,11+/m1/s1. The molecule has 0 aromatic heterocycles. The number of aliphatic hydroxyl groups excluding tert-OH is 1. The van der Waals surface area contributed by atoms with Gasteiger partial charge in [-0.2, -0.15) is 0 Å². The maximum absolute atomic E-state index is 11.7. The van der Waals surface area contributed by atoms with Crippen molar-refractivity contribution < 1.29 is 19.8 Å². The number of carbonyl (C=O) groups excluding carboxylic acids is 1. The second-order valence-electron chi connectivity index (χ2n) is 4.45. The summed E-state index contributed by atoms with van der Waals surface area (Å²) in [5.41, 5.74) is 0.827. The third-order valence-corrected chi connectivity index (χ3v) is 3.00. The predicted molar refractivity (Wildman–Crippen MR) is 74.6 cm³/mol. The maximum atomic E-state index is 11.7. The van der Waals surface area contributed by atoms with Crippen LogP contribution in [0.4, 0.5) is 4.79 Å². The van der Waals surface area contributed by atoms with Crippen LogP contribution in [-0.2, 0) is 4.79 Å². The third-order valence-electron chi connectivity index (χ3n) is 2.75. The fourth-order valence-electron chi connectivity index (χ4n) is 1.60. The second kappa shape index (κ2) is 7.12. The molecule has 0 saturated carbocycles. The number of hydrogen-bond acceptors (Lipinski definition) is 3. The lowest BCUT2D eigenvalue weighted by Gasteiger charge is -2.20. The van der Waals surface area contributed by atoms with E-state index in [1.807, 2.05) is 0 Å². The monoisotopic (exact) mass is 300 g/mol. The number of rotatable bonds is 5. The maximum Gasteiger partial charge on any atom is 0.328 e. The molecule has 1 aromatic carbocycles. The van der Waals surface area contributed by atoms with Crippen molar-refractivity contribution in [1.82, 2.24) is 10.6 Å². The molecular formula is C13H17ClN2O4. The summed E-state index contributed by atoms with van der Waals surface area (Å²) in [5.74, 6) is -1.30. The largest absolute Gasteiger partial charge is 0.480 e. The highest BCUT2D eigenvalue weighted by Crippen LogP contribution is 2.15. The smallest absolute Gasteiger partial charge is 0.328 e. The molecular weight excluding hydrogens is 284 g/mol. The van der Waals surface area contributed by atoms with Crippen LogP contribution in [0.3, 0.4) is 0 Å². The fraction of sp³-hybridized carbons (Fsp3) is 0.385. The lowest BCUT2D eigenvalue weighted by Crippen LogP contribution is -2.51. The lowest BCUT2D eigenvalue weighted by atomic mass is 10.1. The first-order chi connectivity index (χ1) is 9.31. The molecule has 0 aliphatic rings. The Morgan fingerprint density at radius 2 is 1.70 bits per heavy atom. The van der Waals surface area contributed by atoms with Gasteiger partial charge in [-0.05, 0) is 31.5 Å². The molecule has 6 nitrogen and oxygen atoms in total. The molecule has 3 atom stereocenters. The van der Waals surface area contributed by atoms with Gasteiger partial charge in [0.15, 0.2) is 6.04 Å². The molecule has 0 heterocycles. The summed E-state index contributed by atoms with van der Waals surface area (Å²) in [7, 11) is 0. The number of amides is 2. The van der Waals surface area contributed by atoms with Crippen molar-refractivity contribution >= 4 is 23.6 Å². The minimum atomic E-state index is -1.35. The van der Waals surface area contributed by atoms with Crippen molar-refractivity contribution in [1.29, 1.82) is 0 Å². The van der Waals surface area contributed by atoms with E-state index >= 15 is 0 Å². The summed E-state index contributed by atoms with van der Waals surface area (Å²) in [6, 6.07) is 4.57. The van der Waals surface area contributed by atoms with Gasteiger partial charge >= 0.3 is 12.0 Å². The van der Waals surface area contributed by atoms with E-state index in [4.69, 9.17) is 16.7 Å². The lowest BCUT2D eigenvalue weighted by molar-refractivity contribution is -0.141. The predicted octanol–water partition coefficient (Wildman–Crippen LogP) is 1.53. The molecule has 0 aliphatic carbocycles. The van der Waals surface area contributed by atoms with Crippen LogP contribution in [0.25, 0.3) is 0 Å². The van der Waals surface area contributed by atoms with E-state index in [1.165, 1.54) is 6.92 Å². The van der Waals surface area contributed by atoms with Gasteiger partial charge in [0.05, 0.1) is 12.1 Å². The molecule has 0 bridgehead atoms. The van der Waals surface area contributed by atoms with E-state index in [9.17, 15) is 14.7 Å². The highest BCUT2D eigenvalue weighted by atomic mass is 35.5. The Morgan fingerprint density at radius 1 is 1.15 bits per heavy atom. The summed E-state index contributed by atoms with van der Waals surface area (Å²) in [6.45, 7) is 3.04. The molecule has 0 saturated heterocycles. The van der Waals surface area contributed by atoms with Crippen LogP contribution in [0.2, 0.25) is 5.02 Å². The van der Waals surface area contributed by atoms with Crippen LogP contribution < -0.4 is 10.6 Å². The summed E-state index contributed by atoms with van der Waals surface area (Å²) in [5, 5.41) is 23.5. The Morgan fingerprint density at radius 3 is 2.15 bits per heavy atom. The average molecular weight is 301 g/mol. The topological polar surface area (TPSA) is 98.7 Å². The van der Waals surface area contributed by atoms with E-state index in [0.717, 1.165) is 5.56 Å². The Kier molecular flexibility index (Phi) is 5.79. The molecule has 0 spiro atoms. The SMILES string of the molecule is CC(NC(=O)N[C@H](C(=O)O)[C@@H](C)O)c1ccc(Cl)cc1. The van der Waals surface area contributed by atoms with Crippen molar-refractivity contribution in [3.05, 3.63) is 34.9 Å². The van der Waals surface area contributed by atoms with E-state index < -0.39 is 24.1 Å². The van der Waals surface area contributed by atoms with Gasteiger partial charge in [-0.3, -0.25) is 0 Å². The van der Waals surface area contributed by atoms with Gasteiger partial charge in [-0.25, -0.2) is 9.59 Å². The van der Waals surface area contributed by atoms with Crippen molar-refractivity contribution in [3.63, 3.8) is 0 Å². The number of carboxylic acids is 1. The molecule has 0 fully saturated rings. The van der Waals surface area contributed by atoms with E-state index in [2.05, 4.69) is 10.6 Å². The summed E-state index contributed by atoms with van der Waals surface area (Å²) < 4.78 is 0. The first-order valence-electron chi connectivity index (χ1n) is 6.04. The van der Waals surface area contributed by atoms with Crippen LogP contribution in [0.1, 0.15) is 25.5 Å². The molecule has 7 heteroatoms. The van der Waals surface area contributed by atoms with Crippen molar-refractivity contribution in [2.24, 2.45) is 0 Å². The quantitative estimate of drug-likeness (QED) is 0.663. The van der Waals surface area contributed by atoms with Crippen molar-refractivity contribution in [2.75, 3.05) is 0 Å². The van der Waals surface area contributed by atoms with E-state index in [1.54, 1.807) is 31.2 Å². The van der Waals surface area contributed by atoms with Gasteiger partial charge in [0.1, 0.15) is 0 Å². The van der Waals surface area contributed by atoms with Crippen LogP contribution in [-0.4, -0.2) is 34.4 Å². The first kappa shape index (κ1) is 16.3. The summed E-state index contributed by atoms with van der Waals surface area (Å²) >= 11 is 5.77. The second-order valence-corrected chi connectivity index (χ2v) is 4.88. The zero-order chi connectivity index (χ0) is 15.3. The van der Waals surface area contributed by atoms with Gasteiger partial charge in [-0.15, -0.1) is 0 Å². The van der Waals surface area contributed by atoms with Crippen LogP contribution in [0, 0.1) is 0 Å². The molecule has 4 N–H and O–H groups in total. The molecule has 0 radical (unpaired) electrons. The van der Waals surface area contributed by atoms with Gasteiger partial charge in [-0.1, -0.05) is 23.7 Å². The molecule has 110 valence electrons. The summed E-state index contributed by atoms with van der Waals surface area (Å²) in [4.78, 5) is 22.5. The fourth-order valence-corrected chi connectivity index (χ4v) is 1.73.